The van der Waals surface area contributed by atoms with E-state index in [0.29, 0.717) is 17.4 Å². The summed E-state index contributed by atoms with van der Waals surface area (Å²) in [6.07, 6.45) is 8.49. The second-order valence-corrected chi connectivity index (χ2v) is 5.12. The molecule has 1 aliphatic carbocycles. The third-order valence-electron chi connectivity index (χ3n) is 3.87. The molecule has 1 fully saturated rings. The Labute approximate surface area is 112 Å². The van der Waals surface area contributed by atoms with Crippen LogP contribution >= 0.6 is 0 Å². The normalized spacial score (nSPS) is 15.8. The molecular formula is C15H18N4. The van der Waals surface area contributed by atoms with Gasteiger partial charge in [0.15, 0.2) is 0 Å². The third-order valence-corrected chi connectivity index (χ3v) is 3.87. The van der Waals surface area contributed by atoms with Crippen LogP contribution in [0, 0.1) is 0 Å². The van der Waals surface area contributed by atoms with Crippen LogP contribution in [0.1, 0.15) is 37.2 Å². The Kier molecular flexibility index (Phi) is 3.07. The van der Waals surface area contributed by atoms with Crippen molar-refractivity contribution in [3.63, 3.8) is 0 Å². The molecule has 1 aliphatic rings. The highest BCUT2D eigenvalue weighted by Crippen LogP contribution is 2.39. The van der Waals surface area contributed by atoms with Gasteiger partial charge in [-0.25, -0.2) is 4.98 Å². The molecule has 0 atom stereocenters. The fraction of sp³-hybridized carbons (Fsp3) is 0.333. The first-order valence-electron chi connectivity index (χ1n) is 6.72. The Morgan fingerprint density at radius 1 is 1.16 bits per heavy atom. The van der Waals surface area contributed by atoms with E-state index in [1.54, 1.807) is 12.4 Å². The first-order valence-corrected chi connectivity index (χ1v) is 6.72. The Morgan fingerprint density at radius 2 is 1.95 bits per heavy atom. The highest BCUT2D eigenvalue weighted by molar-refractivity contribution is 5.71. The van der Waals surface area contributed by atoms with Crippen molar-refractivity contribution in [1.29, 1.82) is 0 Å². The van der Waals surface area contributed by atoms with Crippen LogP contribution in [0.3, 0.4) is 0 Å². The van der Waals surface area contributed by atoms with Crippen LogP contribution in [0.15, 0.2) is 30.6 Å². The van der Waals surface area contributed by atoms with Crippen LogP contribution in [0.4, 0.5) is 11.5 Å². The molecule has 4 heteroatoms. The van der Waals surface area contributed by atoms with Crippen molar-refractivity contribution in [2.24, 2.45) is 0 Å². The minimum Gasteiger partial charge on any atom is -0.396 e. The first-order chi connectivity index (χ1) is 9.25. The van der Waals surface area contributed by atoms with E-state index < -0.39 is 0 Å². The second-order valence-electron chi connectivity index (χ2n) is 5.12. The lowest BCUT2D eigenvalue weighted by Crippen LogP contribution is -2.06. The zero-order chi connectivity index (χ0) is 13.2. The number of hydrogen-bond donors (Lipinski definition) is 2. The van der Waals surface area contributed by atoms with Crippen LogP contribution in [0.2, 0.25) is 0 Å². The fourth-order valence-corrected chi connectivity index (χ4v) is 2.83. The minimum absolute atomic E-state index is 0.434. The van der Waals surface area contributed by atoms with Gasteiger partial charge in [0, 0.05) is 18.0 Å². The van der Waals surface area contributed by atoms with Gasteiger partial charge >= 0.3 is 0 Å². The lowest BCUT2D eigenvalue weighted by atomic mass is 9.95. The van der Waals surface area contributed by atoms with Gasteiger partial charge in [-0.05, 0) is 42.5 Å². The molecular weight excluding hydrogens is 236 g/mol. The molecule has 0 radical (unpaired) electrons. The summed E-state index contributed by atoms with van der Waals surface area (Å²) in [5, 5.41) is 0. The van der Waals surface area contributed by atoms with E-state index in [4.69, 9.17) is 11.5 Å². The van der Waals surface area contributed by atoms with Crippen LogP contribution in [-0.2, 0) is 0 Å². The smallest absolute Gasteiger partial charge is 0.147 e. The van der Waals surface area contributed by atoms with Crippen LogP contribution in [-0.4, -0.2) is 9.97 Å². The first kappa shape index (κ1) is 12.0. The van der Waals surface area contributed by atoms with Gasteiger partial charge in [-0.1, -0.05) is 12.8 Å². The number of nitrogen functional groups attached to an aromatic ring is 2. The molecule has 98 valence electrons. The molecule has 2 aromatic heterocycles. The largest absolute Gasteiger partial charge is 0.396 e. The van der Waals surface area contributed by atoms with Crippen molar-refractivity contribution in [1.82, 2.24) is 9.97 Å². The van der Waals surface area contributed by atoms with E-state index in [-0.39, 0.29) is 0 Å². The number of aromatic nitrogens is 2. The van der Waals surface area contributed by atoms with Gasteiger partial charge in [0.25, 0.3) is 0 Å². The van der Waals surface area contributed by atoms with Gasteiger partial charge in [0.05, 0.1) is 11.4 Å². The average Bonchev–Trinajstić information content (AvgIpc) is 2.96. The van der Waals surface area contributed by atoms with E-state index in [2.05, 4.69) is 16.0 Å². The zero-order valence-electron chi connectivity index (χ0n) is 10.8. The van der Waals surface area contributed by atoms with Crippen LogP contribution in [0.5, 0.6) is 0 Å². The molecule has 0 unspecified atom stereocenters. The third kappa shape index (κ3) is 2.26. The number of anilines is 2. The van der Waals surface area contributed by atoms with Gasteiger partial charge in [0.2, 0.25) is 0 Å². The Balaban J connectivity index is 2.07. The molecule has 4 N–H and O–H groups in total. The molecule has 0 spiro atoms. The Morgan fingerprint density at radius 3 is 2.63 bits per heavy atom. The maximum Gasteiger partial charge on any atom is 0.147 e. The predicted octanol–water partition coefficient (Wildman–Crippen LogP) is 2.97. The average molecular weight is 254 g/mol. The van der Waals surface area contributed by atoms with E-state index in [9.17, 15) is 0 Å². The number of nitrogens with two attached hydrogens (primary N) is 2. The van der Waals surface area contributed by atoms with Crippen molar-refractivity contribution < 1.29 is 0 Å². The molecule has 19 heavy (non-hydrogen) atoms. The van der Waals surface area contributed by atoms with Gasteiger partial charge < -0.3 is 11.5 Å². The number of pyridine rings is 2. The fourth-order valence-electron chi connectivity index (χ4n) is 2.83. The van der Waals surface area contributed by atoms with Crippen molar-refractivity contribution in [2.75, 3.05) is 11.5 Å². The molecule has 0 saturated heterocycles. The van der Waals surface area contributed by atoms with E-state index in [1.165, 1.54) is 25.7 Å². The SMILES string of the molecule is Nc1nc(-c2cccnc2)cc(C2CCCC2)c1N. The standard InChI is InChI=1S/C15H18N4/c16-14-12(10-4-1-2-5-10)8-13(19-15(14)17)11-6-3-7-18-9-11/h3,6-10H,1-2,4-5,16H2,(H2,17,19). The highest BCUT2D eigenvalue weighted by atomic mass is 14.9. The molecule has 0 aliphatic heterocycles. The number of rotatable bonds is 2. The predicted molar refractivity (Wildman–Crippen MR) is 77.5 cm³/mol. The van der Waals surface area contributed by atoms with E-state index in [1.807, 2.05) is 12.1 Å². The summed E-state index contributed by atoms with van der Waals surface area (Å²) in [6, 6.07) is 5.97. The summed E-state index contributed by atoms with van der Waals surface area (Å²) in [7, 11) is 0. The maximum absolute atomic E-state index is 6.11. The molecule has 3 rings (SSSR count). The quantitative estimate of drug-likeness (QED) is 0.863. The topological polar surface area (TPSA) is 77.8 Å². The van der Waals surface area contributed by atoms with Crippen molar-refractivity contribution in [3.8, 4) is 11.3 Å². The molecule has 2 aromatic rings. The summed E-state index contributed by atoms with van der Waals surface area (Å²) in [5.41, 5.74) is 15.7. The Bertz CT molecular complexity index is 574. The second kappa shape index (κ2) is 4.88. The maximum atomic E-state index is 6.11. The zero-order valence-corrected chi connectivity index (χ0v) is 10.8. The summed E-state index contributed by atoms with van der Waals surface area (Å²) in [4.78, 5) is 8.52. The van der Waals surface area contributed by atoms with Crippen LogP contribution < -0.4 is 11.5 Å². The molecule has 2 heterocycles. The van der Waals surface area contributed by atoms with Crippen molar-refractivity contribution >= 4 is 11.5 Å². The number of nitrogens with zero attached hydrogens (tertiary/aromatic N) is 2. The lowest BCUT2D eigenvalue weighted by Gasteiger charge is -2.15. The van der Waals surface area contributed by atoms with E-state index >= 15 is 0 Å². The van der Waals surface area contributed by atoms with Gasteiger partial charge in [-0.15, -0.1) is 0 Å². The van der Waals surface area contributed by atoms with Crippen molar-refractivity contribution in [3.05, 3.63) is 36.2 Å². The molecule has 0 bridgehead atoms. The minimum atomic E-state index is 0.434. The van der Waals surface area contributed by atoms with Crippen LogP contribution in [0.25, 0.3) is 11.3 Å². The summed E-state index contributed by atoms with van der Waals surface area (Å²) >= 11 is 0. The molecule has 1 saturated carbocycles. The van der Waals surface area contributed by atoms with Gasteiger partial charge in [-0.3, -0.25) is 4.98 Å². The number of hydrogen-bond acceptors (Lipinski definition) is 4. The molecule has 4 nitrogen and oxygen atoms in total. The van der Waals surface area contributed by atoms with Gasteiger partial charge in [0.1, 0.15) is 5.82 Å². The lowest BCUT2D eigenvalue weighted by molar-refractivity contribution is 0.725. The van der Waals surface area contributed by atoms with E-state index in [0.717, 1.165) is 16.8 Å². The Hall–Kier alpha value is -2.10. The van der Waals surface area contributed by atoms with Crippen molar-refractivity contribution in [2.45, 2.75) is 31.6 Å². The van der Waals surface area contributed by atoms with Gasteiger partial charge in [-0.2, -0.15) is 0 Å². The molecule has 0 aromatic carbocycles. The summed E-state index contributed by atoms with van der Waals surface area (Å²) < 4.78 is 0. The summed E-state index contributed by atoms with van der Waals surface area (Å²) in [5.74, 6) is 0.962. The highest BCUT2D eigenvalue weighted by Gasteiger charge is 2.21. The summed E-state index contributed by atoms with van der Waals surface area (Å²) in [6.45, 7) is 0. The molecule has 0 amide bonds. The monoisotopic (exact) mass is 254 g/mol.